The highest BCUT2D eigenvalue weighted by Gasteiger charge is 2.32. The largest absolute Gasteiger partial charge is 0.496 e. The molecule has 3 amide bonds. The lowest BCUT2D eigenvalue weighted by Crippen LogP contribution is -2.28. The molecule has 0 bridgehead atoms. The summed E-state index contributed by atoms with van der Waals surface area (Å²) in [4.78, 5) is 59.0. The van der Waals surface area contributed by atoms with Gasteiger partial charge in [0.25, 0.3) is 17.7 Å². The van der Waals surface area contributed by atoms with Crippen molar-refractivity contribution in [3.8, 4) is 40.2 Å². The van der Waals surface area contributed by atoms with Crippen molar-refractivity contribution in [1.29, 1.82) is 0 Å². The van der Waals surface area contributed by atoms with Crippen LogP contribution in [0.25, 0.3) is 0 Å². The van der Waals surface area contributed by atoms with Crippen molar-refractivity contribution in [2.45, 2.75) is 220 Å². The minimum atomic E-state index is -0.762. The van der Waals surface area contributed by atoms with Crippen molar-refractivity contribution in [3.05, 3.63) is 117 Å². The Bertz CT molecular complexity index is 2930. The monoisotopic (exact) mass is 1240 g/mol. The molecule has 0 saturated heterocycles. The van der Waals surface area contributed by atoms with Crippen LogP contribution in [0.2, 0.25) is 0 Å². The summed E-state index contributed by atoms with van der Waals surface area (Å²) in [5.74, 6) is -0.605. The molecule has 494 valence electrons. The van der Waals surface area contributed by atoms with Gasteiger partial charge in [-0.1, -0.05) is 218 Å². The van der Waals surface area contributed by atoms with Crippen LogP contribution in [0.5, 0.6) is 40.2 Å². The van der Waals surface area contributed by atoms with Gasteiger partial charge in [-0.25, -0.2) is 0 Å². The molecule has 0 atom stereocenters. The van der Waals surface area contributed by atoms with Crippen molar-refractivity contribution in [3.63, 3.8) is 0 Å². The van der Waals surface area contributed by atoms with Gasteiger partial charge in [-0.3, -0.25) is 29.4 Å². The Morgan fingerprint density at radius 3 is 1.23 bits per heavy atom. The van der Waals surface area contributed by atoms with E-state index >= 15 is 4.79 Å². The number of nitrogens with zero attached hydrogens (tertiary/aromatic N) is 2. The quantitative estimate of drug-likeness (QED) is 0.0214. The molecular formula is C74H106N4O12. The predicted octanol–water partition coefficient (Wildman–Crippen LogP) is 20.3. The highest BCUT2D eigenvalue weighted by atomic mass is 16.6. The van der Waals surface area contributed by atoms with E-state index in [-0.39, 0.29) is 75.8 Å². The number of hydrogen-bond donors (Lipinski definition) is 2. The lowest BCUT2D eigenvalue weighted by atomic mass is 10.1. The standard InChI is InChI=1S/C74H106N4O12/c1-9-12-15-18-21-24-27-30-33-39-46-88-69-53-68(87-8)60(50-62(69)76-73(80)59-52-64(78(82)83)71(55-67(59)86-7)90-48-41-35-32-29-26-23-20-17-14-11-3)74(81)77(57-42-37-36-38-43-57)63-51-58(72(79)75-61-49-56(4)44-45-65(61)84-5)66(85-6)54-70(63)89-47-40-34-31-28-25-22-19-16-13-10-2/h36-38,42-45,49-55H,9-35,39-41,46-48H2,1-8H3,(H,75,79)(H,76,80). The van der Waals surface area contributed by atoms with Crippen LogP contribution in [0, 0.1) is 17.0 Å². The van der Waals surface area contributed by atoms with Gasteiger partial charge in [0.05, 0.1) is 86.9 Å². The molecule has 0 heterocycles. The number of nitrogens with one attached hydrogen (secondary N) is 2. The maximum atomic E-state index is 16.0. The topological polar surface area (TPSA) is 186 Å². The molecule has 0 spiro atoms. The second-order valence-electron chi connectivity index (χ2n) is 23.5. The molecule has 0 aliphatic heterocycles. The van der Waals surface area contributed by atoms with E-state index in [9.17, 15) is 19.7 Å². The summed E-state index contributed by atoms with van der Waals surface area (Å²) < 4.78 is 42.5. The Kier molecular flexibility index (Phi) is 34.6. The molecule has 5 aromatic carbocycles. The highest BCUT2D eigenvalue weighted by molar-refractivity contribution is 6.16. The van der Waals surface area contributed by atoms with Gasteiger partial charge < -0.3 is 43.8 Å². The smallest absolute Gasteiger partial charge is 0.312 e. The molecule has 90 heavy (non-hydrogen) atoms. The van der Waals surface area contributed by atoms with Gasteiger partial charge >= 0.3 is 5.69 Å². The van der Waals surface area contributed by atoms with Crippen LogP contribution in [-0.4, -0.2) is 70.9 Å². The first kappa shape index (κ1) is 73.2. The maximum Gasteiger partial charge on any atom is 0.312 e. The number of nitro benzene ring substituents is 1. The molecule has 16 nitrogen and oxygen atoms in total. The van der Waals surface area contributed by atoms with Gasteiger partial charge in [0.15, 0.2) is 0 Å². The van der Waals surface area contributed by atoms with Crippen molar-refractivity contribution >= 4 is 46.2 Å². The van der Waals surface area contributed by atoms with Crippen molar-refractivity contribution in [2.75, 3.05) is 63.8 Å². The summed E-state index contributed by atoms with van der Waals surface area (Å²) in [7, 11) is 5.84. The fourth-order valence-electron chi connectivity index (χ4n) is 11.1. The van der Waals surface area contributed by atoms with Crippen LogP contribution in [-0.2, 0) is 0 Å². The zero-order chi connectivity index (χ0) is 64.7. The van der Waals surface area contributed by atoms with Crippen LogP contribution < -0.4 is 48.7 Å². The summed E-state index contributed by atoms with van der Waals surface area (Å²) in [5.41, 5.74) is 1.64. The number of carbonyl (C=O) groups excluding carboxylic acids is 3. The Balaban J connectivity index is 1.54. The summed E-state index contributed by atoms with van der Waals surface area (Å²) in [5, 5.41) is 18.7. The van der Waals surface area contributed by atoms with Crippen LogP contribution in [0.15, 0.2) is 84.9 Å². The van der Waals surface area contributed by atoms with Crippen molar-refractivity contribution in [1.82, 2.24) is 0 Å². The number of methoxy groups -OCH3 is 4. The van der Waals surface area contributed by atoms with Crippen LogP contribution in [0.1, 0.15) is 250 Å². The number of nitro groups is 1. The maximum absolute atomic E-state index is 16.0. The van der Waals surface area contributed by atoms with E-state index < -0.39 is 28.3 Å². The SMILES string of the molecule is CCCCCCCCCCCCOc1cc(OC)c(C(=O)N(c2ccccc2)c2cc(C(=O)Nc3cc(C)ccc3OC)c(OC)cc2OCCCCCCCCCCCC)cc1NC(=O)c1cc([N+](=O)[O-])c(OCCCCCCCCCCCC)cc1OC. The molecule has 0 radical (unpaired) electrons. The Hall–Kier alpha value is -7.49. The average molecular weight is 1240 g/mol. The zero-order valence-corrected chi connectivity index (χ0v) is 55.7. The van der Waals surface area contributed by atoms with E-state index in [1.54, 1.807) is 48.5 Å². The zero-order valence-electron chi connectivity index (χ0n) is 55.7. The minimum absolute atomic E-state index is 0.00330. The summed E-state index contributed by atoms with van der Waals surface area (Å²) in [6.07, 6.45) is 33.9. The van der Waals surface area contributed by atoms with E-state index in [2.05, 4.69) is 31.4 Å². The number of ether oxygens (including phenoxy) is 7. The van der Waals surface area contributed by atoms with E-state index in [0.29, 0.717) is 30.2 Å². The molecule has 5 rings (SSSR count). The molecule has 0 aliphatic rings. The van der Waals surface area contributed by atoms with E-state index in [4.69, 9.17) is 33.2 Å². The summed E-state index contributed by atoms with van der Waals surface area (Å²) >= 11 is 0. The van der Waals surface area contributed by atoms with Gasteiger partial charge in [0, 0.05) is 30.0 Å². The predicted molar refractivity (Wildman–Crippen MR) is 364 cm³/mol. The number of para-hydroxylation sites is 1. The molecule has 0 fully saturated rings. The van der Waals surface area contributed by atoms with Crippen LogP contribution in [0.4, 0.5) is 28.4 Å². The second kappa shape index (κ2) is 42.5. The van der Waals surface area contributed by atoms with E-state index in [1.165, 1.54) is 161 Å². The molecule has 2 N–H and O–H groups in total. The average Bonchev–Trinajstić information content (AvgIpc) is 0.907. The lowest BCUT2D eigenvalue weighted by Gasteiger charge is -2.28. The molecule has 5 aromatic rings. The first-order valence-electron chi connectivity index (χ1n) is 33.8. The number of anilines is 4. The lowest BCUT2D eigenvalue weighted by molar-refractivity contribution is -0.385. The minimum Gasteiger partial charge on any atom is -0.496 e. The first-order valence-corrected chi connectivity index (χ1v) is 33.8. The third kappa shape index (κ3) is 24.4. The number of unbranched alkanes of at least 4 members (excludes halogenated alkanes) is 27. The van der Waals surface area contributed by atoms with Crippen LogP contribution >= 0.6 is 0 Å². The van der Waals surface area contributed by atoms with Crippen molar-refractivity contribution < 1.29 is 52.5 Å². The highest BCUT2D eigenvalue weighted by Crippen LogP contribution is 2.44. The van der Waals surface area contributed by atoms with Crippen molar-refractivity contribution in [2.24, 2.45) is 0 Å². The third-order valence-corrected chi connectivity index (χ3v) is 16.4. The van der Waals surface area contributed by atoms with Gasteiger partial charge in [-0.2, -0.15) is 0 Å². The van der Waals surface area contributed by atoms with Gasteiger partial charge in [-0.15, -0.1) is 0 Å². The molecule has 0 saturated carbocycles. The van der Waals surface area contributed by atoms with Gasteiger partial charge in [0.1, 0.15) is 34.5 Å². The molecule has 0 aliphatic carbocycles. The van der Waals surface area contributed by atoms with E-state index in [1.807, 2.05) is 25.1 Å². The molecular weight excluding hydrogens is 1140 g/mol. The second-order valence-corrected chi connectivity index (χ2v) is 23.5. The number of rotatable bonds is 48. The first-order chi connectivity index (χ1) is 43.9. The molecule has 0 aromatic heterocycles. The Labute approximate surface area is 538 Å². The van der Waals surface area contributed by atoms with Crippen LogP contribution in [0.3, 0.4) is 0 Å². The Morgan fingerprint density at radius 2 is 0.789 bits per heavy atom. The number of amides is 3. The summed E-state index contributed by atoms with van der Waals surface area (Å²) in [6.45, 7) is 9.45. The Morgan fingerprint density at radius 1 is 0.411 bits per heavy atom. The number of carbonyl (C=O) groups is 3. The van der Waals surface area contributed by atoms with Gasteiger partial charge in [0.2, 0.25) is 5.75 Å². The van der Waals surface area contributed by atoms with E-state index in [0.717, 1.165) is 82.3 Å². The number of benzene rings is 5. The number of aryl methyl sites for hydroxylation is 1. The normalized spacial score (nSPS) is 11.0. The molecule has 16 heteroatoms. The fourth-order valence-corrected chi connectivity index (χ4v) is 11.1. The molecule has 0 unspecified atom stereocenters. The van der Waals surface area contributed by atoms with Gasteiger partial charge in [-0.05, 0) is 68.1 Å². The summed E-state index contributed by atoms with van der Waals surface area (Å²) in [6, 6.07) is 23.2. The number of hydrogen-bond acceptors (Lipinski definition) is 12. The fraction of sp³-hybridized carbons (Fsp3) is 0.554. The third-order valence-electron chi connectivity index (χ3n) is 16.4.